The summed E-state index contributed by atoms with van der Waals surface area (Å²) in [6.45, 7) is 4.79. The van der Waals surface area contributed by atoms with Gasteiger partial charge in [0.15, 0.2) is 0 Å². The van der Waals surface area contributed by atoms with E-state index in [0.29, 0.717) is 0 Å². The fourth-order valence-corrected chi connectivity index (χ4v) is 3.51. The van der Waals surface area contributed by atoms with E-state index in [1.165, 1.54) is 57.3 Å². The van der Waals surface area contributed by atoms with Gasteiger partial charge in [0.2, 0.25) is 0 Å². The quantitative estimate of drug-likeness (QED) is 0.831. The standard InChI is InChI=1S/C19H28N2/c1-3-7-17(8-4-1)15-20-19-11-13-21(14-12-19)16-18-9-5-2-6-10-18/h1-3,5-6,9-10,17,19-20H,4,7-8,11-16H2/t17-/m1/s1. The molecule has 1 aromatic rings. The first-order chi connectivity index (χ1) is 10.4. The highest BCUT2D eigenvalue weighted by Crippen LogP contribution is 2.19. The van der Waals surface area contributed by atoms with Gasteiger partial charge >= 0.3 is 0 Å². The smallest absolute Gasteiger partial charge is 0.0233 e. The van der Waals surface area contributed by atoms with E-state index in [2.05, 4.69) is 52.7 Å². The van der Waals surface area contributed by atoms with Gasteiger partial charge in [-0.2, -0.15) is 0 Å². The van der Waals surface area contributed by atoms with Crippen LogP contribution in [0.1, 0.15) is 37.7 Å². The molecule has 1 aliphatic heterocycles. The van der Waals surface area contributed by atoms with Crippen LogP contribution >= 0.6 is 0 Å². The molecule has 1 atom stereocenters. The van der Waals surface area contributed by atoms with E-state index in [0.717, 1.165) is 18.5 Å². The predicted molar refractivity (Wildman–Crippen MR) is 89.2 cm³/mol. The minimum atomic E-state index is 0.739. The Morgan fingerprint density at radius 1 is 1.00 bits per heavy atom. The molecule has 1 N–H and O–H groups in total. The Balaban J connectivity index is 1.36. The molecule has 0 unspecified atom stereocenters. The maximum Gasteiger partial charge on any atom is 0.0233 e. The van der Waals surface area contributed by atoms with Crippen LogP contribution < -0.4 is 5.32 Å². The highest BCUT2D eigenvalue weighted by Gasteiger charge is 2.20. The molecule has 0 saturated carbocycles. The Hall–Kier alpha value is -1.12. The average Bonchev–Trinajstić information content (AvgIpc) is 2.56. The Bertz CT molecular complexity index is 432. The number of hydrogen-bond acceptors (Lipinski definition) is 2. The summed E-state index contributed by atoms with van der Waals surface area (Å²) < 4.78 is 0. The first kappa shape index (κ1) is 14.8. The van der Waals surface area contributed by atoms with E-state index in [4.69, 9.17) is 0 Å². The SMILES string of the molecule is C1=CC[C@@H](CNC2CCN(Cc3ccccc3)CC2)CC1. The van der Waals surface area contributed by atoms with Gasteiger partial charge in [0, 0.05) is 12.6 Å². The van der Waals surface area contributed by atoms with Crippen LogP contribution in [0.25, 0.3) is 0 Å². The van der Waals surface area contributed by atoms with Crippen LogP contribution in [0.15, 0.2) is 42.5 Å². The minimum absolute atomic E-state index is 0.739. The van der Waals surface area contributed by atoms with Gasteiger partial charge in [0.1, 0.15) is 0 Å². The zero-order chi connectivity index (χ0) is 14.3. The molecule has 2 heteroatoms. The predicted octanol–water partition coefficient (Wildman–Crippen LogP) is 3.60. The average molecular weight is 284 g/mol. The van der Waals surface area contributed by atoms with E-state index in [9.17, 15) is 0 Å². The van der Waals surface area contributed by atoms with E-state index < -0.39 is 0 Å². The molecular formula is C19H28N2. The molecule has 0 amide bonds. The Labute approximate surface area is 129 Å². The first-order valence-electron chi connectivity index (χ1n) is 8.55. The number of nitrogens with one attached hydrogen (secondary N) is 1. The molecule has 21 heavy (non-hydrogen) atoms. The zero-order valence-electron chi connectivity index (χ0n) is 13.0. The van der Waals surface area contributed by atoms with Crippen molar-refractivity contribution in [2.45, 2.75) is 44.7 Å². The van der Waals surface area contributed by atoms with E-state index in [-0.39, 0.29) is 0 Å². The lowest BCUT2D eigenvalue weighted by atomic mass is 9.93. The lowest BCUT2D eigenvalue weighted by Gasteiger charge is -2.33. The summed E-state index contributed by atoms with van der Waals surface area (Å²) in [5, 5.41) is 3.82. The Morgan fingerprint density at radius 2 is 1.81 bits per heavy atom. The van der Waals surface area contributed by atoms with Crippen molar-refractivity contribution >= 4 is 0 Å². The molecule has 1 saturated heterocycles. The van der Waals surface area contributed by atoms with E-state index in [1.807, 2.05) is 0 Å². The maximum atomic E-state index is 3.82. The summed E-state index contributed by atoms with van der Waals surface area (Å²) >= 11 is 0. The van der Waals surface area contributed by atoms with Crippen LogP contribution in [0.3, 0.4) is 0 Å². The highest BCUT2D eigenvalue weighted by atomic mass is 15.1. The van der Waals surface area contributed by atoms with Crippen LogP contribution in [0.4, 0.5) is 0 Å². The van der Waals surface area contributed by atoms with Gasteiger partial charge in [0.05, 0.1) is 0 Å². The molecule has 1 aromatic carbocycles. The summed E-state index contributed by atoms with van der Waals surface area (Å²) in [6, 6.07) is 11.6. The summed E-state index contributed by atoms with van der Waals surface area (Å²) in [6.07, 6.45) is 11.2. The second-order valence-corrected chi connectivity index (χ2v) is 6.59. The van der Waals surface area contributed by atoms with Gasteiger partial charge in [-0.1, -0.05) is 42.5 Å². The summed E-state index contributed by atoms with van der Waals surface area (Å²) in [5.74, 6) is 0.873. The maximum absolute atomic E-state index is 3.82. The molecule has 3 rings (SSSR count). The molecule has 1 aliphatic carbocycles. The van der Waals surface area contributed by atoms with Crippen molar-refractivity contribution in [3.05, 3.63) is 48.0 Å². The van der Waals surface area contributed by atoms with Crippen LogP contribution in [0.5, 0.6) is 0 Å². The fraction of sp³-hybridized carbons (Fsp3) is 0.579. The number of benzene rings is 1. The molecule has 1 heterocycles. The summed E-state index contributed by atoms with van der Waals surface area (Å²) in [5.41, 5.74) is 1.44. The third-order valence-electron chi connectivity index (χ3n) is 4.91. The van der Waals surface area contributed by atoms with Gasteiger partial charge in [-0.3, -0.25) is 4.90 Å². The second kappa shape index (κ2) is 7.77. The normalized spacial score (nSPS) is 24.3. The van der Waals surface area contributed by atoms with Crippen LogP contribution in [0.2, 0.25) is 0 Å². The lowest BCUT2D eigenvalue weighted by Crippen LogP contribution is -2.43. The van der Waals surface area contributed by atoms with E-state index >= 15 is 0 Å². The zero-order valence-corrected chi connectivity index (χ0v) is 13.0. The van der Waals surface area contributed by atoms with Crippen molar-refractivity contribution in [3.63, 3.8) is 0 Å². The second-order valence-electron chi connectivity index (χ2n) is 6.59. The van der Waals surface area contributed by atoms with Crippen molar-refractivity contribution in [2.24, 2.45) is 5.92 Å². The van der Waals surface area contributed by atoms with E-state index in [1.54, 1.807) is 0 Å². The van der Waals surface area contributed by atoms with Crippen LogP contribution in [0, 0.1) is 5.92 Å². The van der Waals surface area contributed by atoms with Crippen molar-refractivity contribution in [1.82, 2.24) is 10.2 Å². The van der Waals surface area contributed by atoms with Crippen molar-refractivity contribution in [3.8, 4) is 0 Å². The molecular weight excluding hydrogens is 256 g/mol. The third-order valence-corrected chi connectivity index (χ3v) is 4.91. The van der Waals surface area contributed by atoms with Crippen molar-refractivity contribution < 1.29 is 0 Å². The summed E-state index contributed by atoms with van der Waals surface area (Å²) in [7, 11) is 0. The van der Waals surface area contributed by atoms with Gasteiger partial charge in [0.25, 0.3) is 0 Å². The molecule has 0 spiro atoms. The topological polar surface area (TPSA) is 15.3 Å². The first-order valence-corrected chi connectivity index (χ1v) is 8.55. The minimum Gasteiger partial charge on any atom is -0.314 e. The lowest BCUT2D eigenvalue weighted by molar-refractivity contribution is 0.187. The van der Waals surface area contributed by atoms with Crippen molar-refractivity contribution in [1.29, 1.82) is 0 Å². The monoisotopic (exact) mass is 284 g/mol. The molecule has 0 bridgehead atoms. The van der Waals surface area contributed by atoms with Crippen molar-refractivity contribution in [2.75, 3.05) is 19.6 Å². The molecule has 2 nitrogen and oxygen atoms in total. The number of piperidine rings is 1. The summed E-state index contributed by atoms with van der Waals surface area (Å²) in [4.78, 5) is 2.59. The van der Waals surface area contributed by atoms with Gasteiger partial charge in [-0.25, -0.2) is 0 Å². The molecule has 114 valence electrons. The van der Waals surface area contributed by atoms with Crippen LogP contribution in [-0.2, 0) is 6.54 Å². The Morgan fingerprint density at radius 3 is 2.52 bits per heavy atom. The molecule has 2 aliphatic rings. The van der Waals surface area contributed by atoms with Gasteiger partial charge in [-0.05, 0) is 63.2 Å². The largest absolute Gasteiger partial charge is 0.314 e. The fourth-order valence-electron chi connectivity index (χ4n) is 3.51. The van der Waals surface area contributed by atoms with Gasteiger partial charge < -0.3 is 5.32 Å². The van der Waals surface area contributed by atoms with Crippen LogP contribution in [-0.4, -0.2) is 30.6 Å². The number of allylic oxidation sites excluding steroid dienone is 2. The Kier molecular flexibility index (Phi) is 5.47. The molecule has 0 aromatic heterocycles. The number of rotatable bonds is 5. The molecule has 0 radical (unpaired) electrons. The highest BCUT2D eigenvalue weighted by molar-refractivity contribution is 5.14. The number of likely N-dealkylation sites (tertiary alicyclic amines) is 1. The molecule has 1 fully saturated rings. The number of hydrogen-bond donors (Lipinski definition) is 1. The third kappa shape index (κ3) is 4.69. The van der Waals surface area contributed by atoms with Gasteiger partial charge in [-0.15, -0.1) is 0 Å². The number of nitrogens with zero attached hydrogens (tertiary/aromatic N) is 1.